The lowest BCUT2D eigenvalue weighted by molar-refractivity contribution is 0.261. The van der Waals surface area contributed by atoms with Crippen LogP contribution in [0.5, 0.6) is 0 Å². The first-order valence-corrected chi connectivity index (χ1v) is 9.48. The van der Waals surface area contributed by atoms with Crippen LogP contribution in [0, 0.1) is 0 Å². The minimum absolute atomic E-state index is 0.00586. The normalized spacial score (nSPS) is 37.8. The molecule has 0 aromatic heterocycles. The molecule has 6 nitrogen and oxygen atoms in total. The largest absolute Gasteiger partial charge is 0.309 e. The van der Waals surface area contributed by atoms with Crippen LogP contribution in [0.1, 0.15) is 20.3 Å². The van der Waals surface area contributed by atoms with Crippen LogP contribution in [0.3, 0.4) is 0 Å². The molecule has 3 atom stereocenters. The van der Waals surface area contributed by atoms with Gasteiger partial charge in [0.05, 0.1) is 16.8 Å². The Hall–Kier alpha value is -0.180. The molecule has 0 saturated carbocycles. The van der Waals surface area contributed by atoms with Gasteiger partial charge in [0.25, 0.3) is 0 Å². The van der Waals surface area contributed by atoms with Gasteiger partial charge in [0.1, 0.15) is 0 Å². The van der Waals surface area contributed by atoms with Gasteiger partial charge in [0.15, 0.2) is 9.84 Å². The SMILES string of the molecule is CC1CN(S(=O)(=O)C2CCS(=O)(=O)C2)CC(C)N1. The smallest absolute Gasteiger partial charge is 0.218 e. The summed E-state index contributed by atoms with van der Waals surface area (Å²) < 4.78 is 49.1. The van der Waals surface area contributed by atoms with Gasteiger partial charge in [-0.15, -0.1) is 0 Å². The maximum absolute atomic E-state index is 12.4. The summed E-state index contributed by atoms with van der Waals surface area (Å²) in [4.78, 5) is 0. The molecule has 2 rings (SSSR count). The van der Waals surface area contributed by atoms with Crippen LogP contribution >= 0.6 is 0 Å². The summed E-state index contributed by atoms with van der Waals surface area (Å²) in [5.41, 5.74) is 0. The van der Waals surface area contributed by atoms with Crippen molar-refractivity contribution in [3.63, 3.8) is 0 Å². The Balaban J connectivity index is 2.16. The molecule has 8 heteroatoms. The molecule has 18 heavy (non-hydrogen) atoms. The van der Waals surface area contributed by atoms with Crippen LogP contribution in [0.4, 0.5) is 0 Å². The van der Waals surface area contributed by atoms with Gasteiger partial charge in [-0.25, -0.2) is 16.8 Å². The maximum atomic E-state index is 12.4. The molecule has 2 saturated heterocycles. The fraction of sp³-hybridized carbons (Fsp3) is 1.00. The van der Waals surface area contributed by atoms with E-state index in [4.69, 9.17) is 0 Å². The highest BCUT2D eigenvalue weighted by Crippen LogP contribution is 2.23. The number of rotatable bonds is 2. The Morgan fingerprint density at radius 1 is 1.17 bits per heavy atom. The van der Waals surface area contributed by atoms with Crippen molar-refractivity contribution in [3.05, 3.63) is 0 Å². The zero-order valence-electron chi connectivity index (χ0n) is 10.7. The number of piperazine rings is 1. The van der Waals surface area contributed by atoms with E-state index < -0.39 is 25.1 Å². The monoisotopic (exact) mass is 296 g/mol. The molecule has 1 N–H and O–H groups in total. The molecule has 0 aromatic carbocycles. The summed E-state index contributed by atoms with van der Waals surface area (Å²) in [6.07, 6.45) is 0.233. The zero-order chi connectivity index (χ0) is 13.6. The lowest BCUT2D eigenvalue weighted by atomic mass is 10.2. The van der Waals surface area contributed by atoms with Gasteiger partial charge in [-0.1, -0.05) is 0 Å². The van der Waals surface area contributed by atoms with E-state index in [0.717, 1.165) is 0 Å². The maximum Gasteiger partial charge on any atom is 0.218 e. The average Bonchev–Trinajstić information content (AvgIpc) is 2.58. The number of sulfone groups is 1. The van der Waals surface area contributed by atoms with Crippen molar-refractivity contribution >= 4 is 19.9 Å². The summed E-state index contributed by atoms with van der Waals surface area (Å²) in [6, 6.07) is 0.197. The van der Waals surface area contributed by atoms with Crippen LogP contribution in [-0.4, -0.2) is 63.1 Å². The lowest BCUT2D eigenvalue weighted by Crippen LogP contribution is -2.57. The molecule has 2 heterocycles. The molecular formula is C10H20N2O4S2. The topological polar surface area (TPSA) is 83.6 Å². The predicted molar refractivity (Wildman–Crippen MR) is 69.6 cm³/mol. The molecule has 0 amide bonds. The molecule has 0 aromatic rings. The van der Waals surface area contributed by atoms with E-state index >= 15 is 0 Å². The zero-order valence-corrected chi connectivity index (χ0v) is 12.3. The minimum atomic E-state index is -3.48. The highest BCUT2D eigenvalue weighted by Gasteiger charge is 2.42. The molecule has 0 radical (unpaired) electrons. The van der Waals surface area contributed by atoms with Gasteiger partial charge in [0, 0.05) is 25.2 Å². The molecule has 2 aliphatic rings. The fourth-order valence-electron chi connectivity index (χ4n) is 2.69. The lowest BCUT2D eigenvalue weighted by Gasteiger charge is -2.36. The Kier molecular flexibility index (Phi) is 3.74. The van der Waals surface area contributed by atoms with Gasteiger partial charge in [-0.3, -0.25) is 0 Å². The predicted octanol–water partition coefficient (Wildman–Crippen LogP) is -0.814. The number of hydrogen-bond donors (Lipinski definition) is 1. The molecule has 0 aliphatic carbocycles. The van der Waals surface area contributed by atoms with Crippen LogP contribution < -0.4 is 5.32 Å². The highest BCUT2D eigenvalue weighted by molar-refractivity contribution is 7.95. The van der Waals surface area contributed by atoms with E-state index in [1.165, 1.54) is 4.31 Å². The van der Waals surface area contributed by atoms with Crippen molar-refractivity contribution in [1.82, 2.24) is 9.62 Å². The number of nitrogens with zero attached hydrogens (tertiary/aromatic N) is 1. The van der Waals surface area contributed by atoms with E-state index in [9.17, 15) is 16.8 Å². The molecule has 0 bridgehead atoms. The molecular weight excluding hydrogens is 276 g/mol. The highest BCUT2D eigenvalue weighted by atomic mass is 32.2. The standard InChI is InChI=1S/C10H20N2O4S2/c1-8-5-12(6-9(2)11-8)18(15,16)10-3-4-17(13,14)7-10/h8-11H,3-7H2,1-2H3. The summed E-state index contributed by atoms with van der Waals surface area (Å²) >= 11 is 0. The molecule has 2 fully saturated rings. The Morgan fingerprint density at radius 3 is 2.17 bits per heavy atom. The second kappa shape index (κ2) is 4.73. The third kappa shape index (κ3) is 2.87. The summed E-state index contributed by atoms with van der Waals surface area (Å²) in [5, 5.41) is 2.51. The van der Waals surface area contributed by atoms with Gasteiger partial charge in [-0.2, -0.15) is 4.31 Å². The van der Waals surface area contributed by atoms with E-state index in [0.29, 0.717) is 13.1 Å². The summed E-state index contributed by atoms with van der Waals surface area (Å²) in [5.74, 6) is -0.226. The summed E-state index contributed by atoms with van der Waals surface area (Å²) in [6.45, 7) is 4.71. The Morgan fingerprint density at radius 2 is 1.72 bits per heavy atom. The molecule has 2 aliphatic heterocycles. The first-order valence-electron chi connectivity index (χ1n) is 6.16. The van der Waals surface area contributed by atoms with E-state index in [1.54, 1.807) is 0 Å². The van der Waals surface area contributed by atoms with Crippen LogP contribution in [-0.2, 0) is 19.9 Å². The summed E-state index contributed by atoms with van der Waals surface area (Å²) in [7, 11) is -6.65. The molecule has 106 valence electrons. The quantitative estimate of drug-likeness (QED) is 0.720. The fourth-order valence-corrected chi connectivity index (χ4v) is 7.39. The van der Waals surface area contributed by atoms with Crippen molar-refractivity contribution < 1.29 is 16.8 Å². The first-order chi connectivity index (χ1) is 8.21. The minimum Gasteiger partial charge on any atom is -0.309 e. The van der Waals surface area contributed by atoms with Crippen LogP contribution in [0.15, 0.2) is 0 Å². The third-order valence-electron chi connectivity index (χ3n) is 3.50. The van der Waals surface area contributed by atoms with Crippen molar-refractivity contribution in [2.75, 3.05) is 24.6 Å². The second-order valence-corrected chi connectivity index (χ2v) is 9.80. The number of nitrogens with one attached hydrogen (secondary N) is 1. The third-order valence-corrected chi connectivity index (χ3v) is 7.74. The average molecular weight is 296 g/mol. The van der Waals surface area contributed by atoms with E-state index in [1.807, 2.05) is 13.8 Å². The van der Waals surface area contributed by atoms with Gasteiger partial charge >= 0.3 is 0 Å². The van der Waals surface area contributed by atoms with Gasteiger partial charge in [-0.05, 0) is 20.3 Å². The Bertz CT molecular complexity index is 504. The van der Waals surface area contributed by atoms with Gasteiger partial charge in [0.2, 0.25) is 10.0 Å². The van der Waals surface area contributed by atoms with E-state index in [2.05, 4.69) is 5.32 Å². The van der Waals surface area contributed by atoms with Crippen molar-refractivity contribution in [2.45, 2.75) is 37.6 Å². The first kappa shape index (κ1) is 14.2. The molecule has 3 unspecified atom stereocenters. The van der Waals surface area contributed by atoms with Crippen molar-refractivity contribution in [3.8, 4) is 0 Å². The second-order valence-electron chi connectivity index (χ2n) is 5.36. The van der Waals surface area contributed by atoms with Crippen molar-refractivity contribution in [2.24, 2.45) is 0 Å². The van der Waals surface area contributed by atoms with Crippen LogP contribution in [0.2, 0.25) is 0 Å². The number of hydrogen-bond acceptors (Lipinski definition) is 5. The van der Waals surface area contributed by atoms with Crippen LogP contribution in [0.25, 0.3) is 0 Å². The Labute approximate surface area is 109 Å². The molecule has 0 spiro atoms. The number of sulfonamides is 1. The van der Waals surface area contributed by atoms with Gasteiger partial charge < -0.3 is 5.32 Å². The van der Waals surface area contributed by atoms with E-state index in [-0.39, 0.29) is 30.0 Å². The van der Waals surface area contributed by atoms with Crippen molar-refractivity contribution in [1.29, 1.82) is 0 Å².